The number of carbonyl (C=O) groups is 1. The van der Waals surface area contributed by atoms with Crippen LogP contribution in [-0.4, -0.2) is 28.9 Å². The van der Waals surface area contributed by atoms with Crippen molar-refractivity contribution in [3.05, 3.63) is 105 Å². The van der Waals surface area contributed by atoms with Crippen LogP contribution < -0.4 is 10.5 Å². The van der Waals surface area contributed by atoms with Gasteiger partial charge in [-0.05, 0) is 36.8 Å². The molecule has 0 aliphatic heterocycles. The number of aryl methyl sites for hydroxylation is 1. The number of aromatic nitrogens is 1. The van der Waals surface area contributed by atoms with Crippen molar-refractivity contribution in [3.63, 3.8) is 0 Å². The highest BCUT2D eigenvalue weighted by molar-refractivity contribution is 6.38. The second-order valence-electron chi connectivity index (χ2n) is 7.96. The number of halogens is 2. The van der Waals surface area contributed by atoms with Crippen molar-refractivity contribution in [1.82, 2.24) is 9.88 Å². The van der Waals surface area contributed by atoms with E-state index in [1.807, 2.05) is 67.6 Å². The van der Waals surface area contributed by atoms with E-state index in [0.29, 0.717) is 41.5 Å². The largest absolute Gasteiger partial charge is 0.487 e. The van der Waals surface area contributed by atoms with Crippen molar-refractivity contribution in [1.29, 1.82) is 0 Å². The number of nitrogens with two attached hydrogens (primary N) is 1. The molecule has 7 heteroatoms. The Balaban J connectivity index is 1.60. The van der Waals surface area contributed by atoms with Gasteiger partial charge in [0.25, 0.3) is 5.91 Å². The van der Waals surface area contributed by atoms with Crippen LogP contribution in [0.1, 0.15) is 27.2 Å². The molecule has 4 rings (SSSR count). The Morgan fingerprint density at radius 1 is 1.00 bits per heavy atom. The minimum Gasteiger partial charge on any atom is -0.487 e. The summed E-state index contributed by atoms with van der Waals surface area (Å²) in [7, 11) is 0. The molecule has 5 nitrogen and oxygen atoms in total. The number of para-hydroxylation sites is 1. The second kappa shape index (κ2) is 10.9. The lowest BCUT2D eigenvalue weighted by molar-refractivity contribution is 0.0748. The number of benzene rings is 3. The van der Waals surface area contributed by atoms with Gasteiger partial charge >= 0.3 is 0 Å². The fourth-order valence-electron chi connectivity index (χ4n) is 3.76. The molecule has 174 valence electrons. The molecule has 0 fully saturated rings. The van der Waals surface area contributed by atoms with Gasteiger partial charge in [0.15, 0.2) is 0 Å². The Labute approximate surface area is 209 Å². The van der Waals surface area contributed by atoms with E-state index in [9.17, 15) is 4.79 Å². The zero-order valence-corrected chi connectivity index (χ0v) is 20.3. The third-order valence-corrected chi connectivity index (χ3v) is 6.30. The summed E-state index contributed by atoms with van der Waals surface area (Å²) in [6, 6.07) is 22.8. The maximum Gasteiger partial charge on any atom is 0.255 e. The van der Waals surface area contributed by atoms with E-state index in [4.69, 9.17) is 33.7 Å². The average molecular weight is 494 g/mol. The Hall–Kier alpha value is -3.12. The van der Waals surface area contributed by atoms with E-state index in [1.165, 1.54) is 0 Å². The normalized spacial score (nSPS) is 10.9. The smallest absolute Gasteiger partial charge is 0.255 e. The summed E-state index contributed by atoms with van der Waals surface area (Å²) in [6.45, 7) is 3.21. The first-order valence-electron chi connectivity index (χ1n) is 11.0. The van der Waals surface area contributed by atoms with Crippen molar-refractivity contribution in [2.45, 2.75) is 20.1 Å². The minimum absolute atomic E-state index is 0.100. The van der Waals surface area contributed by atoms with Crippen LogP contribution in [0.2, 0.25) is 10.0 Å². The molecular formula is C27H25Cl2N3O2. The first-order chi connectivity index (χ1) is 16.5. The van der Waals surface area contributed by atoms with Gasteiger partial charge in [-0.3, -0.25) is 4.79 Å². The molecule has 0 atom stereocenters. The molecule has 1 amide bonds. The first kappa shape index (κ1) is 24.0. The quantitative estimate of drug-likeness (QED) is 0.325. The Bertz CT molecular complexity index is 1310. The third-order valence-electron chi connectivity index (χ3n) is 5.51. The van der Waals surface area contributed by atoms with Gasteiger partial charge in [-0.1, -0.05) is 71.7 Å². The van der Waals surface area contributed by atoms with E-state index >= 15 is 0 Å². The number of ether oxygens (including phenoxy) is 1. The van der Waals surface area contributed by atoms with Gasteiger partial charge < -0.3 is 15.4 Å². The molecule has 0 radical (unpaired) electrons. The maximum atomic E-state index is 13.4. The summed E-state index contributed by atoms with van der Waals surface area (Å²) >= 11 is 13.2. The van der Waals surface area contributed by atoms with Gasteiger partial charge in [-0.15, -0.1) is 0 Å². The number of nitrogens with zero attached hydrogens (tertiary/aromatic N) is 2. The standard InChI is InChI=1S/C27H25Cl2N3O2/c1-18-10-11-20-8-5-9-24(26(20)31-18)34-17-22-23(28)13-12-21(25(22)29)27(33)32(15-14-30)16-19-6-3-2-4-7-19/h2-13H,14-17,30H2,1H3. The van der Waals surface area contributed by atoms with Gasteiger partial charge in [0, 0.05) is 41.3 Å². The lowest BCUT2D eigenvalue weighted by Gasteiger charge is -2.23. The monoisotopic (exact) mass is 493 g/mol. The number of pyridine rings is 1. The Kier molecular flexibility index (Phi) is 7.68. The second-order valence-corrected chi connectivity index (χ2v) is 8.74. The number of rotatable bonds is 8. The van der Waals surface area contributed by atoms with E-state index in [0.717, 1.165) is 22.2 Å². The molecule has 0 saturated carbocycles. The van der Waals surface area contributed by atoms with Crippen molar-refractivity contribution in [3.8, 4) is 5.75 Å². The van der Waals surface area contributed by atoms with Crippen LogP contribution in [0, 0.1) is 6.92 Å². The van der Waals surface area contributed by atoms with Crippen LogP contribution in [0.15, 0.2) is 72.8 Å². The number of hydrogen-bond acceptors (Lipinski definition) is 4. The number of hydrogen-bond donors (Lipinski definition) is 1. The molecule has 1 heterocycles. The van der Waals surface area contributed by atoms with E-state index in [1.54, 1.807) is 17.0 Å². The fraction of sp³-hybridized carbons (Fsp3) is 0.185. The van der Waals surface area contributed by atoms with Crippen LogP contribution in [-0.2, 0) is 13.2 Å². The van der Waals surface area contributed by atoms with Crippen molar-refractivity contribution < 1.29 is 9.53 Å². The number of amides is 1. The third kappa shape index (κ3) is 5.33. The zero-order valence-electron chi connectivity index (χ0n) is 18.8. The van der Waals surface area contributed by atoms with E-state index < -0.39 is 0 Å². The van der Waals surface area contributed by atoms with E-state index in [-0.39, 0.29) is 17.5 Å². The lowest BCUT2D eigenvalue weighted by Crippen LogP contribution is -2.35. The summed E-state index contributed by atoms with van der Waals surface area (Å²) in [5, 5.41) is 1.68. The van der Waals surface area contributed by atoms with Gasteiger partial charge in [-0.2, -0.15) is 0 Å². The first-order valence-corrected chi connectivity index (χ1v) is 11.7. The van der Waals surface area contributed by atoms with Crippen molar-refractivity contribution in [2.75, 3.05) is 13.1 Å². The summed E-state index contributed by atoms with van der Waals surface area (Å²) in [6.07, 6.45) is 0. The van der Waals surface area contributed by atoms with Crippen LogP contribution in [0.3, 0.4) is 0 Å². The maximum absolute atomic E-state index is 13.4. The molecule has 34 heavy (non-hydrogen) atoms. The van der Waals surface area contributed by atoms with Crippen molar-refractivity contribution >= 4 is 40.0 Å². The van der Waals surface area contributed by atoms with Gasteiger partial charge in [0.1, 0.15) is 17.9 Å². The topological polar surface area (TPSA) is 68.5 Å². The molecule has 0 aliphatic rings. The fourth-order valence-corrected chi connectivity index (χ4v) is 4.32. The molecule has 1 aromatic heterocycles. The molecular weight excluding hydrogens is 469 g/mol. The molecule has 2 N–H and O–H groups in total. The molecule has 3 aromatic carbocycles. The van der Waals surface area contributed by atoms with Gasteiger partial charge in [-0.25, -0.2) is 4.98 Å². The Morgan fingerprint density at radius 3 is 2.56 bits per heavy atom. The molecule has 4 aromatic rings. The molecule has 0 saturated heterocycles. The average Bonchev–Trinajstić information content (AvgIpc) is 2.84. The summed E-state index contributed by atoms with van der Waals surface area (Å²) in [4.78, 5) is 19.7. The van der Waals surface area contributed by atoms with Crippen LogP contribution in [0.25, 0.3) is 10.9 Å². The van der Waals surface area contributed by atoms with Gasteiger partial charge in [0.2, 0.25) is 0 Å². The lowest BCUT2D eigenvalue weighted by atomic mass is 10.1. The van der Waals surface area contributed by atoms with Crippen LogP contribution in [0.4, 0.5) is 0 Å². The molecule has 0 unspecified atom stereocenters. The number of fused-ring (bicyclic) bond motifs is 1. The predicted molar refractivity (Wildman–Crippen MR) is 138 cm³/mol. The summed E-state index contributed by atoms with van der Waals surface area (Å²) in [5.41, 5.74) is 9.36. The minimum atomic E-state index is -0.209. The molecule has 0 spiro atoms. The van der Waals surface area contributed by atoms with E-state index in [2.05, 4.69) is 4.98 Å². The van der Waals surface area contributed by atoms with Gasteiger partial charge in [0.05, 0.1) is 10.6 Å². The summed E-state index contributed by atoms with van der Waals surface area (Å²) < 4.78 is 6.08. The zero-order chi connectivity index (χ0) is 24.1. The number of carbonyl (C=O) groups excluding carboxylic acids is 1. The molecule has 0 bridgehead atoms. The van der Waals surface area contributed by atoms with Crippen LogP contribution >= 0.6 is 23.2 Å². The predicted octanol–water partition coefficient (Wildman–Crippen LogP) is 6.03. The molecule has 0 aliphatic carbocycles. The highest BCUT2D eigenvalue weighted by Gasteiger charge is 2.22. The summed E-state index contributed by atoms with van der Waals surface area (Å²) in [5.74, 6) is 0.415. The highest BCUT2D eigenvalue weighted by Crippen LogP contribution is 2.32. The van der Waals surface area contributed by atoms with Crippen molar-refractivity contribution in [2.24, 2.45) is 5.73 Å². The highest BCUT2D eigenvalue weighted by atomic mass is 35.5. The SMILES string of the molecule is Cc1ccc2cccc(OCc3c(Cl)ccc(C(=O)N(CCN)Cc4ccccc4)c3Cl)c2n1. The van der Waals surface area contributed by atoms with Crippen LogP contribution in [0.5, 0.6) is 5.75 Å². The Morgan fingerprint density at radius 2 is 1.79 bits per heavy atom.